The van der Waals surface area contributed by atoms with Crippen LogP contribution < -0.4 is 10.1 Å². The van der Waals surface area contributed by atoms with Crippen LogP contribution in [0.25, 0.3) is 22.6 Å². The Labute approximate surface area is 209 Å². The number of carbonyl (C=O) groups is 1. The molecular weight excluding hydrogens is 548 g/mol. The summed E-state index contributed by atoms with van der Waals surface area (Å²) < 4.78 is 13.4. The fraction of sp³-hybridized carbons (Fsp3) is 0.231. The highest BCUT2D eigenvalue weighted by molar-refractivity contribution is 9.11. The Balaban J connectivity index is 1.41. The van der Waals surface area contributed by atoms with Gasteiger partial charge in [0.25, 0.3) is 5.91 Å². The lowest BCUT2D eigenvalue weighted by atomic mass is 9.98. The molecular formula is C26H24Br2N2O3. The summed E-state index contributed by atoms with van der Waals surface area (Å²) in [4.78, 5) is 17.0. The van der Waals surface area contributed by atoms with E-state index < -0.39 is 0 Å². The van der Waals surface area contributed by atoms with Gasteiger partial charge in [-0.25, -0.2) is 4.98 Å². The Hall–Kier alpha value is -2.64. The van der Waals surface area contributed by atoms with Crippen LogP contribution in [-0.4, -0.2) is 17.5 Å². The Morgan fingerprint density at radius 3 is 2.58 bits per heavy atom. The molecule has 170 valence electrons. The number of benzene rings is 3. The second kappa shape index (κ2) is 10.1. The Morgan fingerprint density at radius 1 is 1.12 bits per heavy atom. The first kappa shape index (κ1) is 23.5. The minimum atomic E-state index is -0.239. The maximum atomic E-state index is 12.4. The van der Waals surface area contributed by atoms with Crippen LogP contribution in [0.15, 0.2) is 68.0 Å². The molecule has 1 heterocycles. The molecule has 0 spiro atoms. The van der Waals surface area contributed by atoms with Crippen LogP contribution in [0.3, 0.4) is 0 Å². The normalized spacial score (nSPS) is 12.0. The highest BCUT2D eigenvalue weighted by Crippen LogP contribution is 2.32. The van der Waals surface area contributed by atoms with Crippen LogP contribution in [0.4, 0.5) is 5.69 Å². The summed E-state index contributed by atoms with van der Waals surface area (Å²) in [6.07, 6.45) is 1.08. The number of aromatic nitrogens is 1. The van der Waals surface area contributed by atoms with Gasteiger partial charge in [0.1, 0.15) is 11.3 Å². The van der Waals surface area contributed by atoms with Gasteiger partial charge in [0.05, 0.1) is 4.47 Å². The van der Waals surface area contributed by atoms with E-state index in [1.807, 2.05) is 49.4 Å². The van der Waals surface area contributed by atoms with Crippen LogP contribution in [0.2, 0.25) is 0 Å². The fourth-order valence-electron chi connectivity index (χ4n) is 3.51. The Bertz CT molecular complexity index is 1280. The van der Waals surface area contributed by atoms with E-state index in [-0.39, 0.29) is 12.5 Å². The van der Waals surface area contributed by atoms with Gasteiger partial charge in [-0.05, 0) is 94.9 Å². The summed E-state index contributed by atoms with van der Waals surface area (Å²) in [5, 5.41) is 2.85. The molecule has 0 fully saturated rings. The van der Waals surface area contributed by atoms with Gasteiger partial charge in [0.15, 0.2) is 12.2 Å². The molecule has 0 saturated heterocycles. The van der Waals surface area contributed by atoms with E-state index in [9.17, 15) is 4.79 Å². The number of oxazole rings is 1. The lowest BCUT2D eigenvalue weighted by Crippen LogP contribution is -2.20. The molecule has 0 aliphatic carbocycles. The topological polar surface area (TPSA) is 64.4 Å². The number of hydrogen-bond acceptors (Lipinski definition) is 4. The number of fused-ring (bicyclic) bond motifs is 1. The van der Waals surface area contributed by atoms with E-state index in [4.69, 9.17) is 9.15 Å². The van der Waals surface area contributed by atoms with Crippen molar-refractivity contribution >= 4 is 54.6 Å². The smallest absolute Gasteiger partial charge is 0.262 e. The van der Waals surface area contributed by atoms with E-state index in [1.54, 1.807) is 0 Å². The highest BCUT2D eigenvalue weighted by Gasteiger charge is 2.13. The molecule has 5 nitrogen and oxygen atoms in total. The molecule has 33 heavy (non-hydrogen) atoms. The van der Waals surface area contributed by atoms with E-state index in [0.717, 1.165) is 37.6 Å². The minimum absolute atomic E-state index is 0.0908. The van der Waals surface area contributed by atoms with Crippen molar-refractivity contribution in [1.29, 1.82) is 0 Å². The zero-order valence-electron chi connectivity index (χ0n) is 18.6. The van der Waals surface area contributed by atoms with Crippen molar-refractivity contribution in [3.05, 3.63) is 74.7 Å². The Kier molecular flexibility index (Phi) is 7.20. The third-order valence-corrected chi connectivity index (χ3v) is 6.60. The van der Waals surface area contributed by atoms with Crippen molar-refractivity contribution in [2.75, 3.05) is 11.9 Å². The molecule has 1 amide bonds. The molecule has 4 rings (SSSR count). The maximum absolute atomic E-state index is 12.4. The minimum Gasteiger partial charge on any atom is -0.482 e. The second-order valence-corrected chi connectivity index (χ2v) is 9.77. The first-order valence-corrected chi connectivity index (χ1v) is 12.3. The quantitative estimate of drug-likeness (QED) is 0.245. The van der Waals surface area contributed by atoms with Crippen molar-refractivity contribution in [3.8, 4) is 17.2 Å². The summed E-state index contributed by atoms with van der Waals surface area (Å²) in [6, 6.07) is 17.4. The SMILES string of the molecule is CCC(C)c1ccc2oc(-c3ccc(NC(=O)COc4c(C)cc(Br)cc4Br)cc3)nc2c1. The number of nitrogens with one attached hydrogen (secondary N) is 1. The zero-order chi connectivity index (χ0) is 23.5. The van der Waals surface area contributed by atoms with Gasteiger partial charge in [-0.2, -0.15) is 0 Å². The van der Waals surface area contributed by atoms with Gasteiger partial charge >= 0.3 is 0 Å². The molecule has 4 aromatic rings. The van der Waals surface area contributed by atoms with E-state index in [2.05, 4.69) is 68.1 Å². The largest absolute Gasteiger partial charge is 0.482 e. The summed E-state index contributed by atoms with van der Waals surface area (Å²) in [6.45, 7) is 6.22. The van der Waals surface area contributed by atoms with E-state index in [1.165, 1.54) is 5.56 Å². The summed E-state index contributed by atoms with van der Waals surface area (Å²) in [5.41, 5.74) is 5.33. The van der Waals surface area contributed by atoms with Gasteiger partial charge in [-0.3, -0.25) is 4.79 Å². The molecule has 3 aromatic carbocycles. The van der Waals surface area contributed by atoms with Crippen LogP contribution >= 0.6 is 31.9 Å². The van der Waals surface area contributed by atoms with Crippen LogP contribution in [-0.2, 0) is 4.79 Å². The van der Waals surface area contributed by atoms with Gasteiger partial charge in [0, 0.05) is 15.7 Å². The number of carbonyl (C=O) groups excluding carboxylic acids is 1. The summed E-state index contributed by atoms with van der Waals surface area (Å²) in [5.74, 6) is 1.45. The van der Waals surface area contributed by atoms with Crippen molar-refractivity contribution in [2.45, 2.75) is 33.1 Å². The standard InChI is InChI=1S/C26H24Br2N2O3/c1-4-15(2)18-7-10-23-22(12-18)30-26(33-23)17-5-8-20(9-6-17)29-24(31)14-32-25-16(3)11-19(27)13-21(25)28/h5-13,15H,4,14H2,1-3H3,(H,29,31). The molecule has 0 aliphatic heterocycles. The van der Waals surface area contributed by atoms with Crippen molar-refractivity contribution < 1.29 is 13.9 Å². The first-order valence-electron chi connectivity index (χ1n) is 10.7. The molecule has 7 heteroatoms. The number of anilines is 1. The maximum Gasteiger partial charge on any atom is 0.262 e. The van der Waals surface area contributed by atoms with Gasteiger partial charge in [-0.15, -0.1) is 0 Å². The van der Waals surface area contributed by atoms with E-state index >= 15 is 0 Å². The second-order valence-electron chi connectivity index (χ2n) is 8.00. The Morgan fingerprint density at radius 2 is 1.88 bits per heavy atom. The lowest BCUT2D eigenvalue weighted by Gasteiger charge is -2.12. The molecule has 1 N–H and O–H groups in total. The third kappa shape index (κ3) is 5.47. The summed E-state index contributed by atoms with van der Waals surface area (Å²) >= 11 is 6.91. The monoisotopic (exact) mass is 570 g/mol. The third-order valence-electron chi connectivity index (χ3n) is 5.55. The molecule has 0 bridgehead atoms. The fourth-order valence-corrected chi connectivity index (χ4v) is 5.07. The van der Waals surface area contributed by atoms with Crippen LogP contribution in [0.1, 0.15) is 37.3 Å². The molecule has 0 radical (unpaired) electrons. The lowest BCUT2D eigenvalue weighted by molar-refractivity contribution is -0.118. The molecule has 1 aromatic heterocycles. The average molecular weight is 572 g/mol. The number of halogens is 2. The first-order chi connectivity index (χ1) is 15.8. The summed E-state index contributed by atoms with van der Waals surface area (Å²) in [7, 11) is 0. The zero-order valence-corrected chi connectivity index (χ0v) is 21.8. The van der Waals surface area contributed by atoms with Crippen molar-refractivity contribution in [2.24, 2.45) is 0 Å². The molecule has 1 atom stereocenters. The van der Waals surface area contributed by atoms with E-state index in [0.29, 0.717) is 23.2 Å². The molecule has 0 saturated carbocycles. The predicted molar refractivity (Wildman–Crippen MR) is 139 cm³/mol. The number of nitrogens with zero attached hydrogens (tertiary/aromatic N) is 1. The molecule has 0 aliphatic rings. The molecule has 1 unspecified atom stereocenters. The van der Waals surface area contributed by atoms with Gasteiger partial charge < -0.3 is 14.5 Å². The van der Waals surface area contributed by atoms with Crippen LogP contribution in [0, 0.1) is 6.92 Å². The highest BCUT2D eigenvalue weighted by atomic mass is 79.9. The average Bonchev–Trinajstić information content (AvgIpc) is 3.21. The van der Waals surface area contributed by atoms with Gasteiger partial charge in [-0.1, -0.05) is 35.8 Å². The van der Waals surface area contributed by atoms with Crippen molar-refractivity contribution in [3.63, 3.8) is 0 Å². The van der Waals surface area contributed by atoms with Crippen LogP contribution in [0.5, 0.6) is 5.75 Å². The number of rotatable bonds is 7. The number of hydrogen-bond donors (Lipinski definition) is 1. The predicted octanol–water partition coefficient (Wildman–Crippen LogP) is 7.86. The van der Waals surface area contributed by atoms with Crippen molar-refractivity contribution in [1.82, 2.24) is 4.98 Å². The number of ether oxygens (including phenoxy) is 1. The number of amides is 1. The van der Waals surface area contributed by atoms with Gasteiger partial charge in [0.2, 0.25) is 5.89 Å². The number of aryl methyl sites for hydroxylation is 1.